The van der Waals surface area contributed by atoms with E-state index in [4.69, 9.17) is 5.73 Å². The van der Waals surface area contributed by atoms with Gasteiger partial charge in [-0.25, -0.2) is 4.98 Å². The van der Waals surface area contributed by atoms with Crippen LogP contribution in [-0.4, -0.2) is 37.4 Å². The van der Waals surface area contributed by atoms with E-state index < -0.39 is 0 Å². The summed E-state index contributed by atoms with van der Waals surface area (Å²) in [6.07, 6.45) is 13.2. The largest absolute Gasteiger partial charge is 0.369 e. The van der Waals surface area contributed by atoms with Gasteiger partial charge in [0.2, 0.25) is 0 Å². The zero-order valence-corrected chi connectivity index (χ0v) is 19.0. The number of H-pyrrole nitrogens is 1. The van der Waals surface area contributed by atoms with Crippen molar-refractivity contribution in [1.29, 1.82) is 0 Å². The molecule has 2 heterocycles. The van der Waals surface area contributed by atoms with Crippen molar-refractivity contribution < 1.29 is 4.79 Å². The monoisotopic (exact) mass is 437 g/mol. The van der Waals surface area contributed by atoms with Crippen LogP contribution in [0.3, 0.4) is 0 Å². The Labute approximate surface area is 190 Å². The molecule has 0 saturated heterocycles. The van der Waals surface area contributed by atoms with Crippen LogP contribution in [0.4, 0.5) is 5.95 Å². The highest BCUT2D eigenvalue weighted by Gasteiger charge is 2.06. The second-order valence-electron chi connectivity index (χ2n) is 8.24. The molecule has 0 fully saturated rings. The summed E-state index contributed by atoms with van der Waals surface area (Å²) in [4.78, 5) is 19.4. The molecule has 0 spiro atoms. The molecule has 0 unspecified atom stereocenters. The lowest BCUT2D eigenvalue weighted by atomic mass is 10.1. The van der Waals surface area contributed by atoms with Crippen molar-refractivity contribution in [2.24, 2.45) is 0 Å². The third-order valence-corrected chi connectivity index (χ3v) is 5.50. The number of hydrogen-bond donors (Lipinski definition) is 3. The van der Waals surface area contributed by atoms with E-state index in [0.717, 1.165) is 62.9 Å². The number of imidazole rings is 1. The van der Waals surface area contributed by atoms with Crippen molar-refractivity contribution >= 4 is 11.9 Å². The van der Waals surface area contributed by atoms with Gasteiger partial charge in [0.1, 0.15) is 0 Å². The van der Waals surface area contributed by atoms with Crippen LogP contribution in [0.1, 0.15) is 72.8 Å². The van der Waals surface area contributed by atoms with E-state index in [9.17, 15) is 4.79 Å². The molecule has 1 amide bonds. The van der Waals surface area contributed by atoms with Crippen LogP contribution in [0.25, 0.3) is 0 Å². The first kappa shape index (κ1) is 23.5. The van der Waals surface area contributed by atoms with E-state index >= 15 is 0 Å². The lowest BCUT2D eigenvalue weighted by Gasteiger charge is -2.06. The van der Waals surface area contributed by atoms with Gasteiger partial charge in [-0.3, -0.25) is 9.48 Å². The molecule has 3 rings (SSSR count). The number of nitrogen functional groups attached to an aromatic ring is 1. The van der Waals surface area contributed by atoms with E-state index in [-0.39, 0.29) is 5.91 Å². The standard InChI is InChI=1S/C24H35N7O/c1-2-3-8-19-11-13-20(14-12-19)23(32)26-15-7-16-31-18-22(29-30-31)10-6-4-5-9-21-17-27-24(25)28-21/h11-14,17-18H,2-10,15-16H2,1H3,(H,26,32)(H3,25,27,28). The minimum absolute atomic E-state index is 0.0239. The zero-order chi connectivity index (χ0) is 22.6. The first-order valence-corrected chi connectivity index (χ1v) is 11.7. The number of aryl methyl sites for hydroxylation is 4. The summed E-state index contributed by atoms with van der Waals surface area (Å²) in [6.45, 7) is 3.54. The maximum atomic E-state index is 12.3. The molecule has 8 heteroatoms. The van der Waals surface area contributed by atoms with E-state index in [1.54, 1.807) is 6.20 Å². The Kier molecular flexibility index (Phi) is 9.28. The Bertz CT molecular complexity index is 945. The number of carbonyl (C=O) groups is 1. The number of aromatic amines is 1. The van der Waals surface area contributed by atoms with Crippen LogP contribution >= 0.6 is 0 Å². The molecular formula is C24H35N7O. The normalized spacial score (nSPS) is 11.0. The Morgan fingerprint density at radius 1 is 1.06 bits per heavy atom. The second kappa shape index (κ2) is 12.6. The van der Waals surface area contributed by atoms with Gasteiger partial charge in [0.15, 0.2) is 5.95 Å². The van der Waals surface area contributed by atoms with Gasteiger partial charge >= 0.3 is 0 Å². The lowest BCUT2D eigenvalue weighted by Crippen LogP contribution is -2.25. The molecule has 0 aliphatic carbocycles. The Balaban J connectivity index is 1.27. The number of nitrogens with one attached hydrogen (secondary N) is 2. The number of aromatic nitrogens is 5. The molecule has 0 saturated carbocycles. The average molecular weight is 438 g/mol. The fraction of sp³-hybridized carbons (Fsp3) is 0.500. The number of nitrogens with two attached hydrogens (primary N) is 1. The predicted molar refractivity (Wildman–Crippen MR) is 126 cm³/mol. The van der Waals surface area contributed by atoms with Crippen molar-refractivity contribution in [3.05, 3.63) is 59.2 Å². The van der Waals surface area contributed by atoms with Gasteiger partial charge in [-0.15, -0.1) is 5.10 Å². The number of rotatable bonds is 14. The van der Waals surface area contributed by atoms with Crippen molar-refractivity contribution in [3.63, 3.8) is 0 Å². The summed E-state index contributed by atoms with van der Waals surface area (Å²) in [7, 11) is 0. The number of nitrogens with zero attached hydrogens (tertiary/aromatic N) is 4. The summed E-state index contributed by atoms with van der Waals surface area (Å²) in [5.41, 5.74) is 9.69. The first-order chi connectivity index (χ1) is 15.6. The number of benzene rings is 1. The zero-order valence-electron chi connectivity index (χ0n) is 19.0. The quantitative estimate of drug-likeness (QED) is 0.333. The molecule has 32 heavy (non-hydrogen) atoms. The summed E-state index contributed by atoms with van der Waals surface area (Å²) in [5.74, 6) is 0.455. The Hall–Kier alpha value is -3.16. The molecule has 8 nitrogen and oxygen atoms in total. The minimum atomic E-state index is -0.0239. The molecule has 0 aliphatic rings. The molecule has 2 aromatic heterocycles. The number of amides is 1. The van der Waals surface area contributed by atoms with Gasteiger partial charge in [0.25, 0.3) is 5.91 Å². The van der Waals surface area contributed by atoms with Crippen molar-refractivity contribution in [1.82, 2.24) is 30.3 Å². The van der Waals surface area contributed by atoms with Gasteiger partial charge in [0.05, 0.1) is 11.9 Å². The van der Waals surface area contributed by atoms with E-state index in [2.05, 4.69) is 44.7 Å². The molecule has 0 bridgehead atoms. The van der Waals surface area contributed by atoms with Crippen LogP contribution in [0.15, 0.2) is 36.7 Å². The number of carbonyl (C=O) groups excluding carboxylic acids is 1. The van der Waals surface area contributed by atoms with Crippen LogP contribution in [0.5, 0.6) is 0 Å². The number of anilines is 1. The highest BCUT2D eigenvalue weighted by atomic mass is 16.1. The smallest absolute Gasteiger partial charge is 0.251 e. The van der Waals surface area contributed by atoms with Gasteiger partial charge in [-0.2, -0.15) is 0 Å². The summed E-state index contributed by atoms with van der Waals surface area (Å²) in [6, 6.07) is 7.92. The van der Waals surface area contributed by atoms with Crippen LogP contribution < -0.4 is 11.1 Å². The molecule has 0 radical (unpaired) electrons. The fourth-order valence-corrected chi connectivity index (χ4v) is 3.61. The van der Waals surface area contributed by atoms with E-state index in [0.29, 0.717) is 18.1 Å². The van der Waals surface area contributed by atoms with Crippen molar-refractivity contribution in [2.75, 3.05) is 12.3 Å². The van der Waals surface area contributed by atoms with Gasteiger partial charge < -0.3 is 16.0 Å². The maximum absolute atomic E-state index is 12.3. The third kappa shape index (κ3) is 7.83. The first-order valence-electron chi connectivity index (χ1n) is 11.7. The van der Waals surface area contributed by atoms with Crippen molar-refractivity contribution in [3.8, 4) is 0 Å². The third-order valence-electron chi connectivity index (χ3n) is 5.50. The van der Waals surface area contributed by atoms with Gasteiger partial charge in [0, 0.05) is 30.5 Å². The summed E-state index contributed by atoms with van der Waals surface area (Å²) >= 11 is 0. The van der Waals surface area contributed by atoms with Crippen LogP contribution in [0, 0.1) is 0 Å². The maximum Gasteiger partial charge on any atom is 0.251 e. The molecule has 0 atom stereocenters. The minimum Gasteiger partial charge on any atom is -0.369 e. The van der Waals surface area contributed by atoms with Crippen LogP contribution in [-0.2, 0) is 25.8 Å². The highest BCUT2D eigenvalue weighted by molar-refractivity contribution is 5.94. The molecule has 172 valence electrons. The molecule has 0 aliphatic heterocycles. The van der Waals surface area contributed by atoms with E-state index in [1.165, 1.54) is 18.4 Å². The molecular weight excluding hydrogens is 402 g/mol. The SMILES string of the molecule is CCCCc1ccc(C(=O)NCCCn2cc(CCCCCc3cnc(N)[nH]3)nn2)cc1. The van der Waals surface area contributed by atoms with Gasteiger partial charge in [-0.05, 0) is 62.6 Å². The highest BCUT2D eigenvalue weighted by Crippen LogP contribution is 2.09. The number of hydrogen-bond acceptors (Lipinski definition) is 5. The molecule has 4 N–H and O–H groups in total. The average Bonchev–Trinajstić information content (AvgIpc) is 3.44. The van der Waals surface area contributed by atoms with Crippen LogP contribution in [0.2, 0.25) is 0 Å². The lowest BCUT2D eigenvalue weighted by molar-refractivity contribution is 0.0952. The predicted octanol–water partition coefficient (Wildman–Crippen LogP) is 3.70. The summed E-state index contributed by atoms with van der Waals surface area (Å²) in [5, 5.41) is 11.4. The van der Waals surface area contributed by atoms with Gasteiger partial charge in [-0.1, -0.05) is 37.1 Å². The Morgan fingerprint density at radius 3 is 2.62 bits per heavy atom. The van der Waals surface area contributed by atoms with E-state index in [1.807, 2.05) is 23.0 Å². The number of unbranched alkanes of at least 4 members (excludes halogenated alkanes) is 3. The topological polar surface area (TPSA) is 115 Å². The Morgan fingerprint density at radius 2 is 1.88 bits per heavy atom. The second-order valence-corrected chi connectivity index (χ2v) is 8.24. The summed E-state index contributed by atoms with van der Waals surface area (Å²) < 4.78 is 1.86. The fourth-order valence-electron chi connectivity index (χ4n) is 3.61. The van der Waals surface area contributed by atoms with Crippen molar-refractivity contribution in [2.45, 2.75) is 71.3 Å². The molecule has 3 aromatic rings. The molecule has 1 aromatic carbocycles.